The van der Waals surface area contributed by atoms with Gasteiger partial charge >= 0.3 is 5.97 Å². The molecule has 0 saturated heterocycles. The molecule has 0 atom stereocenters. The third-order valence-electron chi connectivity index (χ3n) is 2.79. The van der Waals surface area contributed by atoms with E-state index in [1.54, 1.807) is 36.4 Å². The summed E-state index contributed by atoms with van der Waals surface area (Å²) in [5.74, 6) is -0.555. The van der Waals surface area contributed by atoms with Gasteiger partial charge in [0.2, 0.25) is 11.8 Å². The van der Waals surface area contributed by atoms with Crippen molar-refractivity contribution in [3.8, 4) is 5.88 Å². The van der Waals surface area contributed by atoms with Crippen LogP contribution in [0.1, 0.15) is 26.3 Å². The molecule has 0 radical (unpaired) electrons. The Kier molecular flexibility index (Phi) is 4.50. The molecule has 0 fully saturated rings. The van der Waals surface area contributed by atoms with Crippen molar-refractivity contribution in [3.05, 3.63) is 59.3 Å². The third kappa shape index (κ3) is 3.79. The Hall–Kier alpha value is -2.89. The van der Waals surface area contributed by atoms with Gasteiger partial charge < -0.3 is 15.2 Å². The van der Waals surface area contributed by atoms with Crippen molar-refractivity contribution in [2.24, 2.45) is 5.73 Å². The second kappa shape index (κ2) is 6.51. The lowest BCUT2D eigenvalue weighted by molar-refractivity contribution is 0.0472. The molecule has 0 bridgehead atoms. The maximum absolute atomic E-state index is 11.8. The van der Waals surface area contributed by atoms with Gasteiger partial charge in [0, 0.05) is 17.8 Å². The van der Waals surface area contributed by atoms with Crippen LogP contribution in [0.4, 0.5) is 0 Å². The van der Waals surface area contributed by atoms with Crippen molar-refractivity contribution in [3.63, 3.8) is 0 Å². The fourth-order valence-corrected chi connectivity index (χ4v) is 1.62. The fourth-order valence-electron chi connectivity index (χ4n) is 1.62. The first kappa shape index (κ1) is 14.5. The first-order valence-corrected chi connectivity index (χ1v) is 6.16. The van der Waals surface area contributed by atoms with Gasteiger partial charge in [-0.25, -0.2) is 9.78 Å². The number of methoxy groups -OCH3 is 1. The van der Waals surface area contributed by atoms with Gasteiger partial charge in [-0.2, -0.15) is 0 Å². The van der Waals surface area contributed by atoms with Crippen LogP contribution in [-0.4, -0.2) is 24.0 Å². The molecule has 0 aliphatic carbocycles. The quantitative estimate of drug-likeness (QED) is 0.842. The summed E-state index contributed by atoms with van der Waals surface area (Å²) >= 11 is 0. The van der Waals surface area contributed by atoms with E-state index in [4.69, 9.17) is 15.2 Å². The summed E-state index contributed by atoms with van der Waals surface area (Å²) in [6, 6.07) is 9.68. The predicted octanol–water partition coefficient (Wildman–Crippen LogP) is 1.55. The number of benzene rings is 1. The largest absolute Gasteiger partial charge is 0.481 e. The lowest BCUT2D eigenvalue weighted by Gasteiger charge is -2.06. The molecule has 6 heteroatoms. The van der Waals surface area contributed by atoms with Crippen molar-refractivity contribution in [2.75, 3.05) is 7.11 Å². The SMILES string of the molecule is COc1ccc(C(=O)OCc2ccc(C(N)=O)cc2)cn1. The lowest BCUT2D eigenvalue weighted by Crippen LogP contribution is -2.11. The molecular weight excluding hydrogens is 272 g/mol. The van der Waals surface area contributed by atoms with Gasteiger partial charge in [-0.15, -0.1) is 0 Å². The van der Waals surface area contributed by atoms with E-state index in [9.17, 15) is 9.59 Å². The number of carbonyl (C=O) groups is 2. The Balaban J connectivity index is 1.95. The van der Waals surface area contributed by atoms with Crippen LogP contribution in [0.15, 0.2) is 42.6 Å². The van der Waals surface area contributed by atoms with Crippen LogP contribution in [0, 0.1) is 0 Å². The number of primary amides is 1. The van der Waals surface area contributed by atoms with E-state index in [0.717, 1.165) is 5.56 Å². The average molecular weight is 286 g/mol. The van der Waals surface area contributed by atoms with E-state index < -0.39 is 11.9 Å². The zero-order valence-corrected chi connectivity index (χ0v) is 11.4. The molecular formula is C15H14N2O4. The predicted molar refractivity (Wildman–Crippen MR) is 74.9 cm³/mol. The molecule has 108 valence electrons. The fraction of sp³-hybridized carbons (Fsp3) is 0.133. The minimum Gasteiger partial charge on any atom is -0.481 e. The van der Waals surface area contributed by atoms with Gasteiger partial charge in [0.05, 0.1) is 12.7 Å². The summed E-state index contributed by atoms with van der Waals surface area (Å²) in [4.78, 5) is 26.7. The van der Waals surface area contributed by atoms with Crippen molar-refractivity contribution in [2.45, 2.75) is 6.61 Å². The summed E-state index contributed by atoms with van der Waals surface area (Å²) < 4.78 is 10.1. The van der Waals surface area contributed by atoms with Crippen LogP contribution in [0.3, 0.4) is 0 Å². The molecule has 0 aliphatic rings. The number of esters is 1. The number of hydrogen-bond donors (Lipinski definition) is 1. The highest BCUT2D eigenvalue weighted by Crippen LogP contribution is 2.10. The molecule has 0 unspecified atom stereocenters. The summed E-state index contributed by atoms with van der Waals surface area (Å²) in [6.45, 7) is 0.101. The van der Waals surface area contributed by atoms with Crippen molar-refractivity contribution in [1.82, 2.24) is 4.98 Å². The smallest absolute Gasteiger partial charge is 0.340 e. The van der Waals surface area contributed by atoms with Gasteiger partial charge in [0.1, 0.15) is 6.61 Å². The first-order chi connectivity index (χ1) is 10.1. The molecule has 0 aliphatic heterocycles. The van der Waals surface area contributed by atoms with Gasteiger partial charge in [-0.05, 0) is 23.8 Å². The summed E-state index contributed by atoms with van der Waals surface area (Å²) in [6.07, 6.45) is 1.39. The molecule has 1 heterocycles. The molecule has 1 aromatic carbocycles. The minimum absolute atomic E-state index is 0.101. The maximum atomic E-state index is 11.8. The van der Waals surface area contributed by atoms with Crippen LogP contribution >= 0.6 is 0 Å². The number of amides is 1. The first-order valence-electron chi connectivity index (χ1n) is 6.16. The Morgan fingerprint density at radius 2 is 1.76 bits per heavy atom. The molecule has 1 amide bonds. The normalized spacial score (nSPS) is 9.95. The molecule has 21 heavy (non-hydrogen) atoms. The standard InChI is InChI=1S/C15H14N2O4/c1-20-13-7-6-12(8-17-13)15(19)21-9-10-2-4-11(5-3-10)14(16)18/h2-8H,9H2,1H3,(H2,16,18). The van der Waals surface area contributed by atoms with E-state index in [0.29, 0.717) is 17.0 Å². The van der Waals surface area contributed by atoms with E-state index in [1.165, 1.54) is 13.3 Å². The van der Waals surface area contributed by atoms with Gasteiger partial charge in [-0.1, -0.05) is 12.1 Å². The maximum Gasteiger partial charge on any atom is 0.340 e. The number of pyridine rings is 1. The molecule has 1 aromatic heterocycles. The van der Waals surface area contributed by atoms with Gasteiger partial charge in [0.25, 0.3) is 0 Å². The van der Waals surface area contributed by atoms with Gasteiger partial charge in [0.15, 0.2) is 0 Å². The van der Waals surface area contributed by atoms with Crippen LogP contribution in [0.2, 0.25) is 0 Å². The summed E-state index contributed by atoms with van der Waals surface area (Å²) in [7, 11) is 1.50. The van der Waals surface area contributed by atoms with Crippen LogP contribution in [-0.2, 0) is 11.3 Å². The zero-order valence-electron chi connectivity index (χ0n) is 11.4. The van der Waals surface area contributed by atoms with Crippen molar-refractivity contribution in [1.29, 1.82) is 0 Å². The number of nitrogens with two attached hydrogens (primary N) is 1. The van der Waals surface area contributed by atoms with E-state index in [1.807, 2.05) is 0 Å². The Bertz CT molecular complexity index is 636. The number of nitrogens with zero attached hydrogens (tertiary/aromatic N) is 1. The number of rotatable bonds is 5. The zero-order chi connectivity index (χ0) is 15.2. The lowest BCUT2D eigenvalue weighted by atomic mass is 10.1. The highest BCUT2D eigenvalue weighted by atomic mass is 16.5. The molecule has 2 N–H and O–H groups in total. The Morgan fingerprint density at radius 1 is 1.10 bits per heavy atom. The summed E-state index contributed by atoms with van der Waals surface area (Å²) in [5.41, 5.74) is 6.65. The van der Waals surface area contributed by atoms with Crippen LogP contribution in [0.5, 0.6) is 5.88 Å². The van der Waals surface area contributed by atoms with Crippen molar-refractivity contribution < 1.29 is 19.1 Å². The highest BCUT2D eigenvalue weighted by molar-refractivity contribution is 5.92. The Morgan fingerprint density at radius 3 is 2.29 bits per heavy atom. The molecule has 2 rings (SSSR count). The van der Waals surface area contributed by atoms with Crippen molar-refractivity contribution >= 4 is 11.9 Å². The summed E-state index contributed by atoms with van der Waals surface area (Å²) in [5, 5.41) is 0. The van der Waals surface area contributed by atoms with E-state index in [-0.39, 0.29) is 6.61 Å². The second-order valence-corrected chi connectivity index (χ2v) is 4.23. The molecule has 0 spiro atoms. The number of ether oxygens (including phenoxy) is 2. The molecule has 2 aromatic rings. The minimum atomic E-state index is -0.497. The van der Waals surface area contributed by atoms with Crippen LogP contribution in [0.25, 0.3) is 0 Å². The topological polar surface area (TPSA) is 91.5 Å². The Labute approximate surface area is 121 Å². The monoisotopic (exact) mass is 286 g/mol. The number of hydrogen-bond acceptors (Lipinski definition) is 5. The third-order valence-corrected chi connectivity index (χ3v) is 2.79. The molecule has 0 saturated carbocycles. The van der Waals surface area contributed by atoms with E-state index >= 15 is 0 Å². The second-order valence-electron chi connectivity index (χ2n) is 4.23. The number of aromatic nitrogens is 1. The highest BCUT2D eigenvalue weighted by Gasteiger charge is 2.08. The van der Waals surface area contributed by atoms with Crippen LogP contribution < -0.4 is 10.5 Å². The average Bonchev–Trinajstić information content (AvgIpc) is 2.53. The number of carbonyl (C=O) groups excluding carboxylic acids is 2. The molecule has 6 nitrogen and oxygen atoms in total. The van der Waals surface area contributed by atoms with Gasteiger partial charge in [-0.3, -0.25) is 4.79 Å². The van der Waals surface area contributed by atoms with E-state index in [2.05, 4.69) is 4.98 Å².